The van der Waals surface area contributed by atoms with E-state index < -0.39 is 11.5 Å². The van der Waals surface area contributed by atoms with Crippen LogP contribution in [0.3, 0.4) is 0 Å². The number of carbonyl (C=O) groups excluding carboxylic acids is 1. The Morgan fingerprint density at radius 1 is 1.15 bits per heavy atom. The Hall–Kier alpha value is -0.970. The first-order valence-electron chi connectivity index (χ1n) is 13.7. The second kappa shape index (κ2) is 8.02. The van der Waals surface area contributed by atoms with Crippen LogP contribution in [-0.4, -0.2) is 41.4 Å². The van der Waals surface area contributed by atoms with Gasteiger partial charge in [0, 0.05) is 11.8 Å². The third kappa shape index (κ3) is 3.16. The highest BCUT2D eigenvalue weighted by Gasteiger charge is 2.69. The maximum atomic E-state index is 12.9. The van der Waals surface area contributed by atoms with E-state index in [1.807, 2.05) is 6.92 Å². The number of Topliss-reactive ketones (excluding diaryl/α,β-unsaturated/α-hetero) is 1. The molecule has 34 heavy (non-hydrogen) atoms. The molecule has 2 N–H and O–H groups in total. The molecule has 0 bridgehead atoms. The van der Waals surface area contributed by atoms with Crippen LogP contribution in [0.4, 0.5) is 0 Å². The van der Waals surface area contributed by atoms with Crippen molar-refractivity contribution in [3.8, 4) is 0 Å². The maximum Gasteiger partial charge on any atom is 0.141 e. The number of aliphatic hydroxyl groups excluding tert-OH is 2. The molecule has 0 spiro atoms. The van der Waals surface area contributed by atoms with Gasteiger partial charge >= 0.3 is 0 Å². The predicted octanol–water partition coefficient (Wildman–Crippen LogP) is 5.48. The van der Waals surface area contributed by atoms with Crippen molar-refractivity contribution in [1.82, 2.24) is 0 Å². The van der Waals surface area contributed by atoms with E-state index in [9.17, 15) is 15.0 Å². The number of ether oxygens (including phenoxy) is 1. The first-order chi connectivity index (χ1) is 15.9. The number of carbonyl (C=O) groups is 1. The number of rotatable bonds is 3. The van der Waals surface area contributed by atoms with E-state index in [0.29, 0.717) is 30.6 Å². The number of hydrogen-bond donors (Lipinski definition) is 2. The van der Waals surface area contributed by atoms with E-state index in [-0.39, 0.29) is 40.7 Å². The molecule has 4 nitrogen and oxygen atoms in total. The highest BCUT2D eigenvalue weighted by atomic mass is 16.5. The number of allylic oxidation sites excluding steroid dienone is 2. The van der Waals surface area contributed by atoms with Gasteiger partial charge in [0.05, 0.1) is 30.8 Å². The molecule has 0 aromatic heterocycles. The van der Waals surface area contributed by atoms with Gasteiger partial charge in [-0.15, -0.1) is 0 Å². The lowest BCUT2D eigenvalue weighted by atomic mass is 9.37. The second-order valence-corrected chi connectivity index (χ2v) is 13.7. The van der Waals surface area contributed by atoms with Crippen LogP contribution in [0.15, 0.2) is 23.3 Å². The van der Waals surface area contributed by atoms with E-state index in [1.165, 1.54) is 11.1 Å². The van der Waals surface area contributed by atoms with Gasteiger partial charge in [0.1, 0.15) is 5.78 Å². The Morgan fingerprint density at radius 2 is 1.88 bits per heavy atom. The largest absolute Gasteiger partial charge is 0.395 e. The fourth-order valence-electron chi connectivity index (χ4n) is 9.99. The Balaban J connectivity index is 1.46. The molecule has 4 aliphatic carbocycles. The Morgan fingerprint density at radius 3 is 2.56 bits per heavy atom. The quantitative estimate of drug-likeness (QED) is 0.537. The summed E-state index contributed by atoms with van der Waals surface area (Å²) in [7, 11) is 0. The number of aliphatic hydroxyl groups is 2. The summed E-state index contributed by atoms with van der Waals surface area (Å²) >= 11 is 0. The zero-order valence-electron chi connectivity index (χ0n) is 22.2. The van der Waals surface area contributed by atoms with Crippen molar-refractivity contribution in [3.05, 3.63) is 23.3 Å². The molecule has 0 aromatic rings. The van der Waals surface area contributed by atoms with Gasteiger partial charge in [-0.25, -0.2) is 0 Å². The van der Waals surface area contributed by atoms with Crippen molar-refractivity contribution < 1.29 is 19.7 Å². The third-order valence-corrected chi connectivity index (χ3v) is 11.8. The van der Waals surface area contributed by atoms with Crippen LogP contribution in [0, 0.1) is 45.3 Å². The number of ketones is 1. The lowest BCUT2D eigenvalue weighted by Crippen LogP contribution is -2.65. The molecule has 4 fully saturated rings. The van der Waals surface area contributed by atoms with Crippen LogP contribution in [0.2, 0.25) is 0 Å². The first kappa shape index (κ1) is 24.7. The Kier molecular flexibility index (Phi) is 5.83. The van der Waals surface area contributed by atoms with Crippen LogP contribution in [-0.2, 0) is 9.53 Å². The molecule has 10 atom stereocenters. The molecule has 5 aliphatic rings. The van der Waals surface area contributed by atoms with Gasteiger partial charge in [-0.3, -0.25) is 4.79 Å². The Labute approximate surface area is 206 Å². The summed E-state index contributed by atoms with van der Waals surface area (Å²) in [5.41, 5.74) is 1.89. The van der Waals surface area contributed by atoms with Gasteiger partial charge in [-0.2, -0.15) is 0 Å². The number of fused-ring (bicyclic) bond motifs is 5. The van der Waals surface area contributed by atoms with Gasteiger partial charge in [0.15, 0.2) is 0 Å². The average molecular weight is 471 g/mol. The Bertz CT molecular complexity index is 917. The van der Waals surface area contributed by atoms with Crippen molar-refractivity contribution in [2.45, 2.75) is 98.7 Å². The van der Waals surface area contributed by atoms with E-state index in [1.54, 1.807) is 0 Å². The summed E-state index contributed by atoms with van der Waals surface area (Å²) in [6.45, 7) is 14.1. The fourth-order valence-corrected chi connectivity index (χ4v) is 9.99. The molecule has 10 unspecified atom stereocenters. The van der Waals surface area contributed by atoms with Crippen LogP contribution in [0.1, 0.15) is 86.5 Å². The molecule has 3 saturated carbocycles. The second-order valence-electron chi connectivity index (χ2n) is 13.7. The van der Waals surface area contributed by atoms with Crippen molar-refractivity contribution in [3.63, 3.8) is 0 Å². The molecular formula is C30H46O4. The van der Waals surface area contributed by atoms with Crippen LogP contribution in [0.25, 0.3) is 0 Å². The van der Waals surface area contributed by atoms with E-state index in [2.05, 4.69) is 46.8 Å². The van der Waals surface area contributed by atoms with Crippen LogP contribution in [0.5, 0.6) is 0 Å². The maximum absolute atomic E-state index is 12.9. The average Bonchev–Trinajstić information content (AvgIpc) is 3.37. The van der Waals surface area contributed by atoms with Gasteiger partial charge in [0.2, 0.25) is 0 Å². The fraction of sp³-hybridized carbons (Fsp3) is 0.833. The smallest absolute Gasteiger partial charge is 0.141 e. The highest BCUT2D eigenvalue weighted by molar-refractivity contribution is 5.86. The molecular weight excluding hydrogens is 424 g/mol. The lowest BCUT2D eigenvalue weighted by Gasteiger charge is -2.67. The summed E-state index contributed by atoms with van der Waals surface area (Å²) in [5, 5.41) is 22.1. The van der Waals surface area contributed by atoms with Crippen molar-refractivity contribution in [2.75, 3.05) is 13.2 Å². The summed E-state index contributed by atoms with van der Waals surface area (Å²) in [4.78, 5) is 12.9. The number of hydrogen-bond acceptors (Lipinski definition) is 4. The van der Waals surface area contributed by atoms with E-state index in [0.717, 1.165) is 38.7 Å². The summed E-state index contributed by atoms with van der Waals surface area (Å²) < 4.78 is 6.19. The summed E-state index contributed by atoms with van der Waals surface area (Å²) in [6, 6.07) is 0. The predicted molar refractivity (Wildman–Crippen MR) is 134 cm³/mol. The molecule has 4 heteroatoms. The minimum Gasteiger partial charge on any atom is -0.395 e. The molecule has 1 saturated heterocycles. The molecule has 0 aromatic carbocycles. The minimum atomic E-state index is -0.732. The van der Waals surface area contributed by atoms with Crippen LogP contribution >= 0.6 is 0 Å². The van der Waals surface area contributed by atoms with Gasteiger partial charge in [-0.05, 0) is 86.9 Å². The third-order valence-electron chi connectivity index (χ3n) is 11.8. The monoisotopic (exact) mass is 470 g/mol. The van der Waals surface area contributed by atoms with Gasteiger partial charge in [-0.1, -0.05) is 51.0 Å². The molecule has 5 rings (SSSR count). The molecule has 0 amide bonds. The highest BCUT2D eigenvalue weighted by Crippen LogP contribution is 2.73. The zero-order valence-corrected chi connectivity index (χ0v) is 22.2. The van der Waals surface area contributed by atoms with Crippen molar-refractivity contribution in [2.24, 2.45) is 45.3 Å². The SMILES string of the molecule is CC(C)=CC1CC(C2CC=C3C2(C)CCC2C4(C)CCC(=O)C(C)(CO)C4CC(O)C32C)CO1. The van der Waals surface area contributed by atoms with E-state index in [4.69, 9.17) is 4.74 Å². The van der Waals surface area contributed by atoms with E-state index >= 15 is 0 Å². The summed E-state index contributed by atoms with van der Waals surface area (Å²) in [6.07, 6.45) is 11.0. The molecule has 0 radical (unpaired) electrons. The topological polar surface area (TPSA) is 66.8 Å². The van der Waals surface area contributed by atoms with Crippen LogP contribution < -0.4 is 0 Å². The standard InChI is InChI=1S/C30H46O4/c1-18(2)13-20-14-19(16-34-20)21-7-8-22-27(21,3)11-9-23-28(4)12-10-25(32)29(5,17-31)24(28)15-26(33)30(22,23)6/h8,13,19-21,23-24,26,31,33H,7,9-12,14-17H2,1-6H3. The molecule has 190 valence electrons. The van der Waals surface area contributed by atoms with Crippen molar-refractivity contribution >= 4 is 5.78 Å². The summed E-state index contributed by atoms with van der Waals surface area (Å²) in [5.74, 6) is 1.69. The van der Waals surface area contributed by atoms with Gasteiger partial charge < -0.3 is 14.9 Å². The molecule has 1 heterocycles. The first-order valence-corrected chi connectivity index (χ1v) is 13.7. The zero-order chi connectivity index (χ0) is 24.7. The normalized spacial score (nSPS) is 52.5. The lowest BCUT2D eigenvalue weighted by molar-refractivity contribution is -0.198. The van der Waals surface area contributed by atoms with Crippen molar-refractivity contribution in [1.29, 1.82) is 0 Å². The minimum absolute atomic E-state index is 0.0366. The molecule has 1 aliphatic heterocycles. The van der Waals surface area contributed by atoms with Gasteiger partial charge in [0.25, 0.3) is 0 Å².